The van der Waals surface area contributed by atoms with Crippen molar-refractivity contribution in [3.8, 4) is 0 Å². The molecule has 0 radical (unpaired) electrons. The number of quaternary nitrogens is 2. The summed E-state index contributed by atoms with van der Waals surface area (Å²) < 4.78 is 10.8. The minimum Gasteiger partial charge on any atom is -0.459 e. The fourth-order valence-electron chi connectivity index (χ4n) is 3.81. The van der Waals surface area contributed by atoms with Gasteiger partial charge in [-0.25, -0.2) is 4.90 Å². The Kier molecular flexibility index (Phi) is 5.13. The number of amides is 1. The van der Waals surface area contributed by atoms with Gasteiger partial charge < -0.3 is 19.0 Å². The Morgan fingerprint density at radius 3 is 2.73 bits per heavy atom. The number of furan rings is 1. The molecule has 140 valence electrons. The topological polar surface area (TPSA) is 51.6 Å². The molecule has 4 heterocycles. The first kappa shape index (κ1) is 17.7. The van der Waals surface area contributed by atoms with Crippen LogP contribution in [0, 0.1) is 13.8 Å². The van der Waals surface area contributed by atoms with Gasteiger partial charge in [-0.05, 0) is 31.5 Å². The van der Waals surface area contributed by atoms with Crippen molar-refractivity contribution in [2.45, 2.75) is 20.4 Å². The van der Waals surface area contributed by atoms with E-state index in [2.05, 4.69) is 13.8 Å². The van der Waals surface area contributed by atoms with E-state index in [4.69, 9.17) is 9.15 Å². The molecular weight excluding hydrogens is 350 g/mol. The molecule has 2 N–H and O–H groups in total. The summed E-state index contributed by atoms with van der Waals surface area (Å²) in [5.41, 5.74) is 2.66. The molecule has 1 saturated heterocycles. The van der Waals surface area contributed by atoms with Crippen LogP contribution in [0.1, 0.15) is 26.6 Å². The number of rotatable bonds is 4. The Hall–Kier alpha value is -1.67. The lowest BCUT2D eigenvalue weighted by molar-refractivity contribution is -0.967. The van der Waals surface area contributed by atoms with Crippen molar-refractivity contribution in [1.29, 1.82) is 0 Å². The number of fused-ring (bicyclic) bond motifs is 1. The van der Waals surface area contributed by atoms with Crippen LogP contribution in [0.4, 0.5) is 5.00 Å². The zero-order chi connectivity index (χ0) is 18.1. The zero-order valence-electron chi connectivity index (χ0n) is 15.5. The number of carbonyl (C=O) groups excluding carboxylic acids is 1. The van der Waals surface area contributed by atoms with Crippen LogP contribution < -0.4 is 14.7 Å². The van der Waals surface area contributed by atoms with Crippen LogP contribution in [0.15, 0.2) is 22.8 Å². The summed E-state index contributed by atoms with van der Waals surface area (Å²) in [4.78, 5) is 19.3. The number of carbonyl (C=O) groups is 1. The molecule has 2 aromatic rings. The van der Waals surface area contributed by atoms with Gasteiger partial charge in [-0.2, -0.15) is 0 Å². The highest BCUT2D eigenvalue weighted by Crippen LogP contribution is 2.36. The lowest BCUT2D eigenvalue weighted by Crippen LogP contribution is -3.21. The number of hydrogen-bond acceptors (Lipinski definition) is 4. The number of ether oxygens (including phenoxy) is 1. The minimum absolute atomic E-state index is 0.0339. The van der Waals surface area contributed by atoms with Crippen LogP contribution in [-0.4, -0.2) is 52.0 Å². The summed E-state index contributed by atoms with van der Waals surface area (Å²) in [5, 5.41) is 1.10. The van der Waals surface area contributed by atoms with Gasteiger partial charge in [0.15, 0.2) is 12.4 Å². The molecule has 1 fully saturated rings. The largest absolute Gasteiger partial charge is 0.459 e. The van der Waals surface area contributed by atoms with Crippen molar-refractivity contribution in [3.63, 3.8) is 0 Å². The molecule has 2 aromatic heterocycles. The van der Waals surface area contributed by atoms with E-state index in [1.54, 1.807) is 34.6 Å². The lowest BCUT2D eigenvalue weighted by Gasteiger charge is -2.33. The highest BCUT2D eigenvalue weighted by atomic mass is 32.1. The minimum atomic E-state index is -0.0339. The molecule has 2 aliphatic heterocycles. The number of nitrogens with one attached hydrogen (secondary N) is 2. The molecular formula is C19H27N3O3S+2. The number of aryl methyl sites for hydroxylation is 1. The first-order valence-electron chi connectivity index (χ1n) is 9.32. The Morgan fingerprint density at radius 1 is 1.23 bits per heavy atom. The number of anilines is 1. The highest BCUT2D eigenvalue weighted by molar-refractivity contribution is 7.16. The van der Waals surface area contributed by atoms with Gasteiger partial charge in [0.25, 0.3) is 5.91 Å². The first-order chi connectivity index (χ1) is 12.6. The van der Waals surface area contributed by atoms with Crippen molar-refractivity contribution in [1.82, 2.24) is 0 Å². The molecule has 1 unspecified atom stereocenters. The molecule has 0 spiro atoms. The van der Waals surface area contributed by atoms with Gasteiger partial charge in [-0.3, -0.25) is 4.79 Å². The molecule has 0 bridgehead atoms. The summed E-state index contributed by atoms with van der Waals surface area (Å²) in [6.45, 7) is 12.1. The van der Waals surface area contributed by atoms with Crippen LogP contribution in [-0.2, 0) is 11.3 Å². The lowest BCUT2D eigenvalue weighted by atomic mass is 10.1. The van der Waals surface area contributed by atoms with Crippen LogP contribution in [0.25, 0.3) is 0 Å². The van der Waals surface area contributed by atoms with E-state index in [0.29, 0.717) is 12.4 Å². The van der Waals surface area contributed by atoms with Crippen molar-refractivity contribution < 1.29 is 23.7 Å². The number of hydrogen-bond donors (Lipinski definition) is 2. The van der Waals surface area contributed by atoms with Crippen molar-refractivity contribution in [3.05, 3.63) is 40.2 Å². The molecule has 2 aliphatic rings. The monoisotopic (exact) mass is 377 g/mol. The van der Waals surface area contributed by atoms with E-state index in [-0.39, 0.29) is 5.91 Å². The van der Waals surface area contributed by atoms with Gasteiger partial charge in [0, 0.05) is 10.4 Å². The van der Waals surface area contributed by atoms with Gasteiger partial charge >= 0.3 is 0 Å². The Labute approximate surface area is 157 Å². The second-order valence-corrected chi connectivity index (χ2v) is 8.43. The third-order valence-electron chi connectivity index (χ3n) is 5.55. The quantitative estimate of drug-likeness (QED) is 0.781. The fraction of sp³-hybridized carbons (Fsp3) is 0.526. The number of morpholine rings is 1. The van der Waals surface area contributed by atoms with E-state index < -0.39 is 0 Å². The summed E-state index contributed by atoms with van der Waals surface area (Å²) >= 11 is 1.73. The van der Waals surface area contributed by atoms with E-state index >= 15 is 0 Å². The van der Waals surface area contributed by atoms with Gasteiger partial charge in [0.2, 0.25) is 0 Å². The predicted molar refractivity (Wildman–Crippen MR) is 100 cm³/mol. The Bertz CT molecular complexity index is 765. The normalized spacial score (nSPS) is 21.0. The van der Waals surface area contributed by atoms with Gasteiger partial charge in [-0.1, -0.05) is 0 Å². The SMILES string of the molecule is Cc1sc2c(c1C)C[NH+](CC[NH+]1CCOCC1)CN2C(=O)c1ccco1. The molecule has 0 aliphatic carbocycles. The molecule has 0 saturated carbocycles. The van der Waals surface area contributed by atoms with Gasteiger partial charge in [0.1, 0.15) is 37.7 Å². The van der Waals surface area contributed by atoms with Crippen LogP contribution in [0.5, 0.6) is 0 Å². The van der Waals surface area contributed by atoms with Crippen LogP contribution >= 0.6 is 11.3 Å². The maximum Gasteiger partial charge on any atom is 0.298 e. The van der Waals surface area contributed by atoms with Gasteiger partial charge in [0.05, 0.1) is 19.5 Å². The van der Waals surface area contributed by atoms with Crippen molar-refractivity contribution >= 4 is 22.2 Å². The number of nitrogens with zero attached hydrogens (tertiary/aromatic N) is 1. The molecule has 4 rings (SSSR count). The van der Waals surface area contributed by atoms with Crippen LogP contribution in [0.2, 0.25) is 0 Å². The molecule has 0 aromatic carbocycles. The summed E-state index contributed by atoms with van der Waals surface area (Å²) in [7, 11) is 0. The smallest absolute Gasteiger partial charge is 0.298 e. The van der Waals surface area contributed by atoms with E-state index in [1.807, 2.05) is 4.90 Å². The molecule has 1 atom stereocenters. The Morgan fingerprint density at radius 2 is 2.00 bits per heavy atom. The first-order valence-corrected chi connectivity index (χ1v) is 10.1. The molecule has 26 heavy (non-hydrogen) atoms. The maximum absolute atomic E-state index is 13.0. The average molecular weight is 378 g/mol. The van der Waals surface area contributed by atoms with E-state index in [9.17, 15) is 4.79 Å². The summed E-state index contributed by atoms with van der Waals surface area (Å²) in [5.74, 6) is 0.383. The third-order valence-corrected chi connectivity index (χ3v) is 6.82. The van der Waals surface area contributed by atoms with Crippen molar-refractivity contribution in [2.24, 2.45) is 0 Å². The molecule has 1 amide bonds. The second kappa shape index (κ2) is 7.52. The second-order valence-electron chi connectivity index (χ2n) is 7.22. The third kappa shape index (κ3) is 3.44. The summed E-state index contributed by atoms with van der Waals surface area (Å²) in [6.07, 6.45) is 1.56. The Balaban J connectivity index is 1.53. The van der Waals surface area contributed by atoms with Gasteiger partial charge in [-0.15, -0.1) is 11.3 Å². The fourth-order valence-corrected chi connectivity index (χ4v) is 4.98. The summed E-state index contributed by atoms with van der Waals surface area (Å²) in [6, 6.07) is 3.52. The van der Waals surface area contributed by atoms with E-state index in [0.717, 1.165) is 50.9 Å². The predicted octanol–water partition coefficient (Wildman–Crippen LogP) is -0.124. The maximum atomic E-state index is 13.0. The molecule has 6 nitrogen and oxygen atoms in total. The number of thiophene rings is 1. The zero-order valence-corrected chi connectivity index (χ0v) is 16.3. The van der Waals surface area contributed by atoms with E-state index in [1.165, 1.54) is 20.9 Å². The standard InChI is InChI=1S/C19H25N3O3S/c1-14-15(2)26-19-16(14)12-21(6-5-20-7-10-24-11-8-20)13-22(19)18(23)17-4-3-9-25-17/h3-4,9H,5-8,10-13H2,1-2H3/p+2. The van der Waals surface area contributed by atoms with Crippen molar-refractivity contribution in [2.75, 3.05) is 51.0 Å². The average Bonchev–Trinajstić information content (AvgIpc) is 3.29. The van der Waals surface area contributed by atoms with Crippen LogP contribution in [0.3, 0.4) is 0 Å². The molecule has 7 heteroatoms. The highest BCUT2D eigenvalue weighted by Gasteiger charge is 2.35.